The number of hydrogen-bond donors (Lipinski definition) is 2. The molecule has 8 nitrogen and oxygen atoms in total. The van der Waals surface area contributed by atoms with E-state index in [1.807, 2.05) is 40.8 Å². The Bertz CT molecular complexity index is 997. The third-order valence-electron chi connectivity index (χ3n) is 6.59. The Labute approximate surface area is 242 Å². The maximum Gasteiger partial charge on any atom is 0.331 e. The van der Waals surface area contributed by atoms with Gasteiger partial charge >= 0.3 is 5.97 Å². The first-order valence-electron chi connectivity index (χ1n) is 14.9. The number of unbranched alkanes of at least 4 members (excludes halogenated alkanes) is 1. The highest BCUT2D eigenvalue weighted by atomic mass is 16.6. The van der Waals surface area contributed by atoms with E-state index in [4.69, 9.17) is 19.5 Å². The van der Waals surface area contributed by atoms with Gasteiger partial charge in [-0.3, -0.25) is 4.99 Å². The van der Waals surface area contributed by atoms with Crippen LogP contribution in [0.2, 0.25) is 0 Å². The molecule has 40 heavy (non-hydrogen) atoms. The number of amidine groups is 1. The zero-order valence-corrected chi connectivity index (χ0v) is 26.0. The third-order valence-corrected chi connectivity index (χ3v) is 6.59. The Balaban J connectivity index is 1.97. The minimum Gasteiger partial charge on any atom is -0.458 e. The highest BCUT2D eigenvalue weighted by Crippen LogP contribution is 2.20. The van der Waals surface area contributed by atoms with E-state index in [1.165, 1.54) is 12.0 Å². The maximum absolute atomic E-state index is 13.1. The fourth-order valence-corrected chi connectivity index (χ4v) is 4.46. The van der Waals surface area contributed by atoms with Crippen molar-refractivity contribution in [1.29, 1.82) is 0 Å². The van der Waals surface area contributed by atoms with Gasteiger partial charge in [0.15, 0.2) is 6.04 Å². The zero-order chi connectivity index (χ0) is 29.4. The number of aliphatic imine (C=N–C) groups is 1. The van der Waals surface area contributed by atoms with Crippen molar-refractivity contribution < 1.29 is 14.3 Å². The summed E-state index contributed by atoms with van der Waals surface area (Å²) < 4.78 is 11.1. The molecule has 0 amide bonds. The van der Waals surface area contributed by atoms with Crippen molar-refractivity contribution in [3.63, 3.8) is 0 Å². The summed E-state index contributed by atoms with van der Waals surface area (Å²) in [6.45, 7) is 15.8. The van der Waals surface area contributed by atoms with E-state index in [0.717, 1.165) is 75.4 Å². The average Bonchev–Trinajstić information content (AvgIpc) is 2.92. The van der Waals surface area contributed by atoms with Gasteiger partial charge in [0.1, 0.15) is 11.4 Å². The molecule has 1 aromatic heterocycles. The number of fused-ring (bicyclic) bond motifs is 1. The molecule has 1 aliphatic rings. The lowest BCUT2D eigenvalue weighted by molar-refractivity contribution is -0.156. The number of aromatic nitrogens is 1. The predicted octanol–water partition coefficient (Wildman–Crippen LogP) is 5.69. The molecular weight excluding hydrogens is 502 g/mol. The lowest BCUT2D eigenvalue weighted by Crippen LogP contribution is -2.36. The van der Waals surface area contributed by atoms with Gasteiger partial charge in [-0.1, -0.05) is 25.1 Å². The molecule has 1 unspecified atom stereocenters. The van der Waals surface area contributed by atoms with Crippen LogP contribution in [0.1, 0.15) is 84.9 Å². The number of carbonyl (C=O) groups excluding carboxylic acids is 1. The summed E-state index contributed by atoms with van der Waals surface area (Å²) in [6, 6.07) is 3.82. The molecule has 0 aliphatic carbocycles. The molecule has 2 rings (SSSR count). The standard InChI is InChI=1S/C32H53N5O3/c1-8-9-13-25(2)24-34-26(3)35-29(31(38)40-32(4,5)6)18-21-37(22-23-39-7)20-11-10-15-28-17-16-27-14-12-19-33-30(27)36-28/h9,13,16-17,24,29H,8,10-12,14-15,18-23H2,1-7H3,(H,33,36)(H,34,35)/b13-9+,25-24-. The van der Waals surface area contributed by atoms with Crippen LogP contribution in [0, 0.1) is 0 Å². The zero-order valence-electron chi connectivity index (χ0n) is 26.0. The number of hydrogen-bond acceptors (Lipinski definition) is 7. The molecule has 0 fully saturated rings. The van der Waals surface area contributed by atoms with Crippen molar-refractivity contribution in [3.05, 3.63) is 47.3 Å². The molecule has 1 atom stereocenters. The van der Waals surface area contributed by atoms with Gasteiger partial charge in [0, 0.05) is 38.6 Å². The lowest BCUT2D eigenvalue weighted by Gasteiger charge is -2.26. The lowest BCUT2D eigenvalue weighted by atomic mass is 10.1. The Morgan fingerprint density at radius 1 is 1.23 bits per heavy atom. The molecule has 1 aliphatic heterocycles. The minimum absolute atomic E-state index is 0.293. The topological polar surface area (TPSA) is 88.1 Å². The van der Waals surface area contributed by atoms with Crippen LogP contribution in [-0.4, -0.2) is 73.2 Å². The Morgan fingerprint density at radius 3 is 2.75 bits per heavy atom. The van der Waals surface area contributed by atoms with E-state index >= 15 is 0 Å². The first-order chi connectivity index (χ1) is 19.1. The van der Waals surface area contributed by atoms with Crippen LogP contribution in [0.25, 0.3) is 0 Å². The van der Waals surface area contributed by atoms with Gasteiger partial charge in [-0.2, -0.15) is 0 Å². The van der Waals surface area contributed by atoms with E-state index in [-0.39, 0.29) is 5.97 Å². The molecule has 2 heterocycles. The van der Waals surface area contributed by atoms with Crippen molar-refractivity contribution in [2.45, 2.75) is 98.1 Å². The van der Waals surface area contributed by atoms with Crippen LogP contribution in [0.4, 0.5) is 5.82 Å². The van der Waals surface area contributed by atoms with Crippen molar-refractivity contribution in [2.24, 2.45) is 4.99 Å². The van der Waals surface area contributed by atoms with Gasteiger partial charge in [-0.05, 0) is 103 Å². The SMILES string of the molecule is CC/C=C/C(C)=C\NC(C)=NC(CCN(CCCCc1ccc2c(n1)NCCC2)CCOC)C(=O)OC(C)(C)C. The summed E-state index contributed by atoms with van der Waals surface area (Å²) in [5.74, 6) is 1.46. The van der Waals surface area contributed by atoms with E-state index in [9.17, 15) is 4.79 Å². The van der Waals surface area contributed by atoms with Crippen molar-refractivity contribution in [1.82, 2.24) is 15.2 Å². The number of nitrogens with one attached hydrogen (secondary N) is 2. The average molecular weight is 556 g/mol. The summed E-state index contributed by atoms with van der Waals surface area (Å²) in [5, 5.41) is 6.65. The van der Waals surface area contributed by atoms with E-state index in [1.54, 1.807) is 7.11 Å². The molecule has 0 spiro atoms. The fourth-order valence-electron chi connectivity index (χ4n) is 4.46. The number of carbonyl (C=O) groups is 1. The fraction of sp³-hybridized carbons (Fsp3) is 0.656. The van der Waals surface area contributed by atoms with Gasteiger partial charge in [-0.15, -0.1) is 0 Å². The largest absolute Gasteiger partial charge is 0.458 e. The molecule has 0 aromatic carbocycles. The van der Waals surface area contributed by atoms with Gasteiger partial charge in [0.05, 0.1) is 12.4 Å². The van der Waals surface area contributed by atoms with E-state index in [2.05, 4.69) is 46.7 Å². The van der Waals surface area contributed by atoms with Crippen LogP contribution >= 0.6 is 0 Å². The van der Waals surface area contributed by atoms with Crippen LogP contribution in [0.5, 0.6) is 0 Å². The molecule has 1 aromatic rings. The number of esters is 1. The molecule has 8 heteroatoms. The third kappa shape index (κ3) is 13.6. The summed E-state index contributed by atoms with van der Waals surface area (Å²) in [4.78, 5) is 25.0. The molecule has 224 valence electrons. The number of rotatable bonds is 16. The Kier molecular flexibility index (Phi) is 15.0. The number of nitrogens with zero attached hydrogens (tertiary/aromatic N) is 3. The molecule has 0 saturated heterocycles. The second-order valence-corrected chi connectivity index (χ2v) is 11.5. The van der Waals surface area contributed by atoms with Crippen molar-refractivity contribution >= 4 is 17.6 Å². The second-order valence-electron chi connectivity index (χ2n) is 11.5. The summed E-state index contributed by atoms with van der Waals surface area (Å²) >= 11 is 0. The highest BCUT2D eigenvalue weighted by molar-refractivity contribution is 5.85. The second kappa shape index (κ2) is 17.9. The van der Waals surface area contributed by atoms with Gasteiger partial charge < -0.3 is 25.0 Å². The molecule has 2 N–H and O–H groups in total. The number of methoxy groups -OCH3 is 1. The number of pyridine rings is 1. The van der Waals surface area contributed by atoms with Crippen molar-refractivity contribution in [2.75, 3.05) is 45.2 Å². The smallest absolute Gasteiger partial charge is 0.331 e. The summed E-state index contributed by atoms with van der Waals surface area (Å²) in [5.41, 5.74) is 3.00. The normalized spacial score (nSPS) is 15.2. The van der Waals surface area contributed by atoms with Crippen molar-refractivity contribution in [3.8, 4) is 0 Å². The maximum atomic E-state index is 13.1. The van der Waals surface area contributed by atoms with Crippen LogP contribution in [0.3, 0.4) is 0 Å². The van der Waals surface area contributed by atoms with Crippen LogP contribution in [0.15, 0.2) is 41.1 Å². The number of anilines is 1. The first kappa shape index (κ1) is 33.5. The molecule has 0 saturated carbocycles. The molecule has 0 bridgehead atoms. The summed E-state index contributed by atoms with van der Waals surface area (Å²) in [7, 11) is 1.72. The Morgan fingerprint density at radius 2 is 2.02 bits per heavy atom. The molecule has 0 radical (unpaired) electrons. The predicted molar refractivity (Wildman–Crippen MR) is 166 cm³/mol. The number of aryl methyl sites for hydroxylation is 2. The molecular formula is C32H53N5O3. The van der Waals surface area contributed by atoms with E-state index < -0.39 is 11.6 Å². The minimum atomic E-state index is -0.580. The van der Waals surface area contributed by atoms with Crippen LogP contribution in [-0.2, 0) is 27.1 Å². The highest BCUT2D eigenvalue weighted by Gasteiger charge is 2.25. The van der Waals surface area contributed by atoms with Gasteiger partial charge in [-0.25, -0.2) is 9.78 Å². The number of allylic oxidation sites excluding steroid dienone is 3. The van der Waals surface area contributed by atoms with Gasteiger partial charge in [0.25, 0.3) is 0 Å². The summed E-state index contributed by atoms with van der Waals surface area (Å²) in [6.07, 6.45) is 13.0. The van der Waals surface area contributed by atoms with E-state index in [0.29, 0.717) is 18.9 Å². The van der Waals surface area contributed by atoms with Crippen LogP contribution < -0.4 is 10.6 Å². The number of ether oxygens (including phenoxy) is 2. The Hall–Kier alpha value is -2.71. The van der Waals surface area contributed by atoms with Gasteiger partial charge in [0.2, 0.25) is 0 Å². The monoisotopic (exact) mass is 555 g/mol. The first-order valence-corrected chi connectivity index (χ1v) is 14.9. The quantitative estimate of drug-likeness (QED) is 0.0891.